The van der Waals surface area contributed by atoms with Gasteiger partial charge in [-0.3, -0.25) is 10.1 Å². The van der Waals surface area contributed by atoms with E-state index in [9.17, 15) is 20.2 Å². The number of benzene rings is 1. The zero-order valence-corrected chi connectivity index (χ0v) is 9.56. The first-order valence-corrected chi connectivity index (χ1v) is 5.52. The van der Waals surface area contributed by atoms with Crippen molar-refractivity contribution >= 4 is 12.7 Å². The van der Waals surface area contributed by atoms with Crippen LogP contribution in [0.3, 0.4) is 0 Å². The van der Waals surface area contributed by atoms with E-state index in [2.05, 4.69) is 0 Å². The van der Waals surface area contributed by atoms with E-state index in [1.807, 2.05) is 30.3 Å². The molecule has 2 rings (SSSR count). The highest BCUT2D eigenvalue weighted by atomic mass is 16.6. The quantitative estimate of drug-likeness (QED) is 0.473. The predicted molar refractivity (Wildman–Crippen MR) is 68.1 cm³/mol. The molecule has 1 aromatic carbocycles. The summed E-state index contributed by atoms with van der Waals surface area (Å²) in [6.45, 7) is 0. The highest BCUT2D eigenvalue weighted by Crippen LogP contribution is 2.29. The number of allylic oxidation sites excluding steroid dienone is 2. The summed E-state index contributed by atoms with van der Waals surface area (Å²) in [6.07, 6.45) is 4.41. The molecule has 0 spiro atoms. The van der Waals surface area contributed by atoms with Gasteiger partial charge in [0.05, 0.1) is 0 Å². The van der Waals surface area contributed by atoms with Crippen molar-refractivity contribution in [1.82, 2.24) is 0 Å². The normalized spacial score (nSPS) is 22.4. The second-order valence-corrected chi connectivity index (χ2v) is 4.18. The Hall–Kier alpha value is -1.92. The molecular weight excluding hydrogens is 233 g/mol. The third-order valence-electron chi connectivity index (χ3n) is 3.09. The first kappa shape index (κ1) is 12.5. The zero-order valence-electron chi connectivity index (χ0n) is 9.56. The first-order chi connectivity index (χ1) is 8.56. The molecule has 1 unspecified atom stereocenters. The second-order valence-electron chi connectivity index (χ2n) is 4.18. The van der Waals surface area contributed by atoms with Gasteiger partial charge in [0, 0.05) is 11.3 Å². The van der Waals surface area contributed by atoms with Gasteiger partial charge >= 0.3 is 7.12 Å². The second kappa shape index (κ2) is 4.76. The number of nitrogens with zero attached hydrogens (tertiary/aromatic N) is 1. The van der Waals surface area contributed by atoms with Crippen LogP contribution in [0.25, 0.3) is 5.57 Å². The van der Waals surface area contributed by atoms with E-state index in [1.165, 1.54) is 6.08 Å². The van der Waals surface area contributed by atoms with Crippen molar-refractivity contribution in [2.45, 2.75) is 11.9 Å². The summed E-state index contributed by atoms with van der Waals surface area (Å²) in [5.41, 5.74) is -0.0509. The highest BCUT2D eigenvalue weighted by molar-refractivity contribution is 6.46. The van der Waals surface area contributed by atoms with Crippen molar-refractivity contribution in [2.24, 2.45) is 0 Å². The van der Waals surface area contributed by atoms with Crippen molar-refractivity contribution in [2.75, 3.05) is 0 Å². The molecule has 0 bridgehead atoms. The van der Waals surface area contributed by atoms with Crippen LogP contribution in [0.15, 0.2) is 48.6 Å². The molecule has 6 heteroatoms. The Bertz CT molecular complexity index is 512. The minimum absolute atomic E-state index is 0.0433. The Labute approximate surface area is 104 Å². The fourth-order valence-electron chi connectivity index (χ4n) is 1.91. The van der Waals surface area contributed by atoms with E-state index in [-0.39, 0.29) is 6.42 Å². The largest absolute Gasteiger partial charge is 0.544 e. The van der Waals surface area contributed by atoms with Gasteiger partial charge < -0.3 is 10.0 Å². The van der Waals surface area contributed by atoms with Gasteiger partial charge in [0.25, 0.3) is 5.44 Å². The lowest BCUT2D eigenvalue weighted by Gasteiger charge is -2.22. The molecule has 1 atom stereocenters. The standard InChI is InChI=1S/C12H12BNO4/c15-13(16)12(14(17)18)8-6-11(7-9-12)10-4-2-1-3-5-10/h1-8,15-16H,9H2. The molecule has 0 saturated heterocycles. The maximum absolute atomic E-state index is 11.0. The van der Waals surface area contributed by atoms with Gasteiger partial charge in [-0.25, -0.2) is 0 Å². The Morgan fingerprint density at radius 3 is 2.39 bits per heavy atom. The maximum atomic E-state index is 11.0. The van der Waals surface area contributed by atoms with Crippen LogP contribution < -0.4 is 0 Å². The number of nitro groups is 1. The summed E-state index contributed by atoms with van der Waals surface area (Å²) >= 11 is 0. The number of rotatable bonds is 3. The predicted octanol–water partition coefficient (Wildman–Crippen LogP) is 1.06. The van der Waals surface area contributed by atoms with Crippen LogP contribution in [0, 0.1) is 10.1 Å². The van der Waals surface area contributed by atoms with Gasteiger partial charge in [-0.2, -0.15) is 0 Å². The Kier molecular flexibility index (Phi) is 3.31. The molecule has 0 aliphatic heterocycles. The summed E-state index contributed by atoms with van der Waals surface area (Å²) in [6, 6.07) is 9.42. The fourth-order valence-corrected chi connectivity index (χ4v) is 1.91. The van der Waals surface area contributed by atoms with Gasteiger partial charge in [0.1, 0.15) is 0 Å². The average Bonchev–Trinajstić information content (AvgIpc) is 2.39. The van der Waals surface area contributed by atoms with Crippen LogP contribution >= 0.6 is 0 Å². The van der Waals surface area contributed by atoms with Crippen molar-refractivity contribution < 1.29 is 15.0 Å². The summed E-state index contributed by atoms with van der Waals surface area (Å²) in [5, 5.41) is 29.3. The van der Waals surface area contributed by atoms with Crippen molar-refractivity contribution in [3.8, 4) is 0 Å². The van der Waals surface area contributed by atoms with Gasteiger partial charge in [-0.1, -0.05) is 42.5 Å². The first-order valence-electron chi connectivity index (χ1n) is 5.52. The molecule has 92 valence electrons. The maximum Gasteiger partial charge on any atom is 0.544 e. The van der Waals surface area contributed by atoms with Gasteiger partial charge in [-0.15, -0.1) is 0 Å². The molecule has 0 aromatic heterocycles. The summed E-state index contributed by atoms with van der Waals surface area (Å²) in [5.74, 6) is 0. The molecule has 2 N–H and O–H groups in total. The van der Waals surface area contributed by atoms with Gasteiger partial charge in [-0.05, 0) is 17.2 Å². The van der Waals surface area contributed by atoms with E-state index in [0.717, 1.165) is 11.1 Å². The third kappa shape index (κ3) is 2.08. The lowest BCUT2D eigenvalue weighted by atomic mass is 9.61. The summed E-state index contributed by atoms with van der Waals surface area (Å²) in [4.78, 5) is 10.3. The molecule has 1 aromatic rings. The molecule has 0 amide bonds. The monoisotopic (exact) mass is 245 g/mol. The van der Waals surface area contributed by atoms with E-state index in [0.29, 0.717) is 0 Å². The van der Waals surface area contributed by atoms with E-state index >= 15 is 0 Å². The molecular formula is C12H12BNO4. The van der Waals surface area contributed by atoms with Crippen LogP contribution in [0.2, 0.25) is 0 Å². The molecule has 18 heavy (non-hydrogen) atoms. The number of hydrogen-bond acceptors (Lipinski definition) is 4. The fraction of sp³-hybridized carbons (Fsp3) is 0.167. The summed E-state index contributed by atoms with van der Waals surface area (Å²) in [7, 11) is -2.02. The number of hydrogen-bond donors (Lipinski definition) is 2. The molecule has 1 aliphatic rings. The zero-order chi connectivity index (χ0) is 13.2. The van der Waals surface area contributed by atoms with Crippen LogP contribution in [-0.4, -0.2) is 27.5 Å². The van der Waals surface area contributed by atoms with Crippen LogP contribution in [-0.2, 0) is 0 Å². The topological polar surface area (TPSA) is 83.6 Å². The minimum atomic E-state index is -2.02. The van der Waals surface area contributed by atoms with Gasteiger partial charge in [0.2, 0.25) is 0 Å². The minimum Gasteiger partial charge on any atom is -0.422 e. The van der Waals surface area contributed by atoms with E-state index < -0.39 is 17.5 Å². The SMILES string of the molecule is O=[N+]([O-])C1(B(O)O)C=CC(c2ccccc2)=CC1. The highest BCUT2D eigenvalue weighted by Gasteiger charge is 2.52. The van der Waals surface area contributed by atoms with Crippen molar-refractivity contribution in [3.05, 3.63) is 64.2 Å². The molecule has 1 aliphatic carbocycles. The Balaban J connectivity index is 2.28. The van der Waals surface area contributed by atoms with E-state index in [4.69, 9.17) is 0 Å². The average molecular weight is 245 g/mol. The van der Waals surface area contributed by atoms with Crippen LogP contribution in [0.5, 0.6) is 0 Å². The van der Waals surface area contributed by atoms with Crippen LogP contribution in [0.4, 0.5) is 0 Å². The Morgan fingerprint density at radius 2 is 1.94 bits per heavy atom. The lowest BCUT2D eigenvalue weighted by Crippen LogP contribution is -2.51. The molecule has 0 radical (unpaired) electrons. The van der Waals surface area contributed by atoms with E-state index in [1.54, 1.807) is 12.2 Å². The molecule has 5 nitrogen and oxygen atoms in total. The summed E-state index contributed by atoms with van der Waals surface area (Å²) < 4.78 is 0. The van der Waals surface area contributed by atoms with Crippen LogP contribution in [0.1, 0.15) is 12.0 Å². The lowest BCUT2D eigenvalue weighted by molar-refractivity contribution is -0.533. The Morgan fingerprint density at radius 1 is 1.28 bits per heavy atom. The van der Waals surface area contributed by atoms with Crippen molar-refractivity contribution in [3.63, 3.8) is 0 Å². The molecule has 0 heterocycles. The van der Waals surface area contributed by atoms with Crippen molar-refractivity contribution in [1.29, 1.82) is 0 Å². The molecule has 0 saturated carbocycles. The smallest absolute Gasteiger partial charge is 0.422 e. The third-order valence-corrected chi connectivity index (χ3v) is 3.09. The molecule has 0 fully saturated rings. The van der Waals surface area contributed by atoms with Gasteiger partial charge in [0.15, 0.2) is 0 Å².